The zero-order valence-electron chi connectivity index (χ0n) is 8.32. The van der Waals surface area contributed by atoms with E-state index in [1.54, 1.807) is 13.4 Å². The molecule has 0 aliphatic heterocycles. The monoisotopic (exact) mass is 240 g/mol. The molecule has 0 aromatic rings. The number of unbranched alkanes of at least 4 members (excludes halogenated alkanes) is 1. The summed E-state index contributed by atoms with van der Waals surface area (Å²) in [6, 6.07) is 0. The van der Waals surface area contributed by atoms with Gasteiger partial charge in [0.25, 0.3) is 0 Å². The van der Waals surface area contributed by atoms with Gasteiger partial charge in [0.05, 0.1) is 6.34 Å². The first-order valence-electron chi connectivity index (χ1n) is 4.16. The third-order valence-electron chi connectivity index (χ3n) is 1.43. The Morgan fingerprint density at radius 2 is 2.38 bits per heavy atom. The van der Waals surface area contributed by atoms with E-state index in [0.29, 0.717) is 0 Å². The number of aliphatic imine (C=N–C) groups is 1. The van der Waals surface area contributed by atoms with Crippen LogP contribution in [-0.2, 0) is 16.3 Å². The van der Waals surface area contributed by atoms with Gasteiger partial charge in [-0.2, -0.15) is 0 Å². The molecule has 3 nitrogen and oxygen atoms in total. The van der Waals surface area contributed by atoms with Crippen molar-refractivity contribution >= 4 is 35.1 Å². The van der Waals surface area contributed by atoms with Gasteiger partial charge in [0.2, 0.25) is 5.62 Å². The molecule has 0 radical (unpaired) electrons. The fourth-order valence-electron chi connectivity index (χ4n) is 0.605. The van der Waals surface area contributed by atoms with Crippen molar-refractivity contribution in [2.75, 3.05) is 19.9 Å². The van der Waals surface area contributed by atoms with E-state index in [-0.39, 0.29) is 0 Å². The molecular weight excluding hydrogens is 223 g/mol. The van der Waals surface area contributed by atoms with Crippen molar-refractivity contribution < 1.29 is 4.52 Å². The Morgan fingerprint density at radius 3 is 2.85 bits per heavy atom. The topological polar surface area (TPSA) is 33.6 Å². The highest BCUT2D eigenvalue weighted by atomic mass is 32.9. The van der Waals surface area contributed by atoms with Crippen molar-refractivity contribution in [2.45, 2.75) is 19.8 Å². The van der Waals surface area contributed by atoms with E-state index in [1.165, 1.54) is 11.4 Å². The zero-order chi connectivity index (χ0) is 10.2. The molecule has 1 unspecified atom stereocenters. The third kappa shape index (κ3) is 6.49. The van der Waals surface area contributed by atoms with Crippen LogP contribution >= 0.6 is 17.0 Å². The van der Waals surface area contributed by atoms with Crippen LogP contribution in [0.15, 0.2) is 4.99 Å². The van der Waals surface area contributed by atoms with Crippen LogP contribution < -0.4 is 5.09 Å². The summed E-state index contributed by atoms with van der Waals surface area (Å²) in [4.78, 5) is 4.17. The molecule has 0 saturated carbocycles. The Morgan fingerprint density at radius 1 is 1.69 bits per heavy atom. The zero-order valence-corrected chi connectivity index (χ0v) is 10.8. The molecule has 0 aliphatic carbocycles. The van der Waals surface area contributed by atoms with Crippen LogP contribution in [0.25, 0.3) is 0 Å². The fraction of sp³-hybridized carbons (Fsp3) is 0.857. The first kappa shape index (κ1) is 13.4. The summed E-state index contributed by atoms with van der Waals surface area (Å²) in [5, 5.41) is 3.03. The molecule has 0 aliphatic rings. The molecule has 0 heterocycles. The standard InChI is InChI=1S/C7H17N2OPS2/c1-4-5-6-8-7-9-11(12,10-2)13-3/h7H,4-6H2,1-3H3,(H,8,9,12). The molecule has 0 amide bonds. The summed E-state index contributed by atoms with van der Waals surface area (Å²) in [5.41, 5.74) is -1.88. The van der Waals surface area contributed by atoms with Gasteiger partial charge in [-0.15, -0.1) is 0 Å². The summed E-state index contributed by atoms with van der Waals surface area (Å²) >= 11 is 6.77. The molecule has 0 fully saturated rings. The van der Waals surface area contributed by atoms with Gasteiger partial charge in [-0.1, -0.05) is 24.7 Å². The molecule has 6 heteroatoms. The molecule has 0 saturated heterocycles. The maximum atomic E-state index is 5.23. The minimum Gasteiger partial charge on any atom is -0.330 e. The van der Waals surface area contributed by atoms with Gasteiger partial charge in [-0.25, -0.2) is 0 Å². The van der Waals surface area contributed by atoms with Gasteiger partial charge in [0.1, 0.15) is 0 Å². The number of rotatable bonds is 7. The van der Waals surface area contributed by atoms with Gasteiger partial charge in [0.15, 0.2) is 0 Å². The smallest absolute Gasteiger partial charge is 0.210 e. The van der Waals surface area contributed by atoms with Crippen LogP contribution in [0.4, 0.5) is 0 Å². The molecule has 0 aromatic heterocycles. The van der Waals surface area contributed by atoms with Crippen LogP contribution in [0, 0.1) is 0 Å². The predicted octanol–water partition coefficient (Wildman–Crippen LogP) is 2.64. The minimum atomic E-state index is -1.88. The maximum absolute atomic E-state index is 5.23. The summed E-state index contributed by atoms with van der Waals surface area (Å²) in [5.74, 6) is 0. The van der Waals surface area contributed by atoms with E-state index < -0.39 is 5.62 Å². The number of hydrogen-bond acceptors (Lipinski definition) is 4. The van der Waals surface area contributed by atoms with Crippen molar-refractivity contribution in [1.29, 1.82) is 0 Å². The van der Waals surface area contributed by atoms with Crippen LogP contribution in [0.3, 0.4) is 0 Å². The first-order chi connectivity index (χ1) is 6.18. The molecular formula is C7H17N2OPS2. The van der Waals surface area contributed by atoms with Crippen molar-refractivity contribution in [1.82, 2.24) is 5.09 Å². The van der Waals surface area contributed by atoms with Crippen molar-refractivity contribution in [3.63, 3.8) is 0 Å². The quantitative estimate of drug-likeness (QED) is 0.321. The second kappa shape index (κ2) is 7.80. The molecule has 0 rings (SSSR count). The first-order valence-corrected chi connectivity index (χ1v) is 8.71. The van der Waals surface area contributed by atoms with Crippen LogP contribution in [0.2, 0.25) is 0 Å². The summed E-state index contributed by atoms with van der Waals surface area (Å²) in [6.45, 7) is 3.00. The molecule has 1 atom stereocenters. The molecule has 0 spiro atoms. The summed E-state index contributed by atoms with van der Waals surface area (Å²) in [7, 11) is 1.63. The molecule has 0 bridgehead atoms. The van der Waals surface area contributed by atoms with E-state index in [4.69, 9.17) is 16.3 Å². The van der Waals surface area contributed by atoms with E-state index in [2.05, 4.69) is 17.0 Å². The number of hydrogen-bond donors (Lipinski definition) is 1. The van der Waals surface area contributed by atoms with Gasteiger partial charge >= 0.3 is 0 Å². The van der Waals surface area contributed by atoms with Crippen LogP contribution in [-0.4, -0.2) is 26.2 Å². The third-order valence-corrected chi connectivity index (χ3v) is 7.13. The van der Waals surface area contributed by atoms with Gasteiger partial charge in [-0.05, 0) is 24.5 Å². The average molecular weight is 240 g/mol. The highest BCUT2D eigenvalue weighted by Gasteiger charge is 2.10. The van der Waals surface area contributed by atoms with E-state index in [0.717, 1.165) is 19.4 Å². The van der Waals surface area contributed by atoms with Crippen molar-refractivity contribution in [3.8, 4) is 0 Å². The Labute approximate surface area is 89.6 Å². The average Bonchev–Trinajstić information content (AvgIpc) is 2.17. The largest absolute Gasteiger partial charge is 0.330 e. The SMILES string of the molecule is CCCC/N=C/NP(=S)(OC)SC. The maximum Gasteiger partial charge on any atom is 0.210 e. The number of nitrogens with zero attached hydrogens (tertiary/aromatic N) is 1. The lowest BCUT2D eigenvalue weighted by Crippen LogP contribution is -2.06. The van der Waals surface area contributed by atoms with E-state index >= 15 is 0 Å². The Bertz CT molecular complexity index is 191. The normalized spacial score (nSPS) is 15.9. The minimum absolute atomic E-state index is 0.858. The molecule has 0 aromatic carbocycles. The van der Waals surface area contributed by atoms with Gasteiger partial charge in [-0.3, -0.25) is 4.99 Å². The highest BCUT2D eigenvalue weighted by Crippen LogP contribution is 2.53. The molecule has 78 valence electrons. The lowest BCUT2D eigenvalue weighted by molar-refractivity contribution is 0.468. The second-order valence-electron chi connectivity index (χ2n) is 2.38. The van der Waals surface area contributed by atoms with E-state index in [1.807, 2.05) is 6.26 Å². The second-order valence-corrected chi connectivity index (χ2v) is 9.24. The lowest BCUT2D eigenvalue weighted by atomic mass is 10.3. The van der Waals surface area contributed by atoms with Gasteiger partial charge in [0, 0.05) is 13.7 Å². The summed E-state index contributed by atoms with van der Waals surface area (Å²) < 4.78 is 5.18. The van der Waals surface area contributed by atoms with Crippen molar-refractivity contribution in [3.05, 3.63) is 0 Å². The van der Waals surface area contributed by atoms with Crippen LogP contribution in [0.1, 0.15) is 19.8 Å². The summed E-state index contributed by atoms with van der Waals surface area (Å²) in [6.07, 6.45) is 5.90. The van der Waals surface area contributed by atoms with Gasteiger partial charge < -0.3 is 9.61 Å². The Balaban J connectivity index is 3.72. The highest BCUT2D eigenvalue weighted by molar-refractivity contribution is 8.68. The lowest BCUT2D eigenvalue weighted by Gasteiger charge is -2.15. The number of nitrogens with one attached hydrogen (secondary N) is 1. The molecule has 13 heavy (non-hydrogen) atoms. The molecule has 1 N–H and O–H groups in total. The fourth-order valence-corrected chi connectivity index (χ4v) is 2.23. The predicted molar refractivity (Wildman–Crippen MR) is 66.2 cm³/mol. The Hall–Kier alpha value is 0.430. The van der Waals surface area contributed by atoms with Crippen molar-refractivity contribution in [2.24, 2.45) is 4.99 Å². The Kier molecular flexibility index (Phi) is 8.06. The van der Waals surface area contributed by atoms with Crippen LogP contribution in [0.5, 0.6) is 0 Å². The van der Waals surface area contributed by atoms with E-state index in [9.17, 15) is 0 Å².